The molecule has 3 rings (SSSR count). The van der Waals surface area contributed by atoms with E-state index in [0.717, 1.165) is 5.56 Å². The summed E-state index contributed by atoms with van der Waals surface area (Å²) in [7, 11) is 3.15. The van der Waals surface area contributed by atoms with Gasteiger partial charge in [-0.3, -0.25) is 14.9 Å². The summed E-state index contributed by atoms with van der Waals surface area (Å²) in [5.41, 5.74) is 0.906. The number of rotatable bonds is 7. The predicted molar refractivity (Wildman–Crippen MR) is 104 cm³/mol. The number of carbonyl (C=O) groups excluding carboxylic acids is 3. The molecule has 3 amide bonds. The van der Waals surface area contributed by atoms with Gasteiger partial charge in [0.2, 0.25) is 0 Å². The van der Waals surface area contributed by atoms with Crippen LogP contribution in [0.25, 0.3) is 0 Å². The lowest BCUT2D eigenvalue weighted by Gasteiger charge is -2.36. The quantitative estimate of drug-likeness (QED) is 0.664. The van der Waals surface area contributed by atoms with Crippen LogP contribution < -0.4 is 5.32 Å². The van der Waals surface area contributed by atoms with E-state index in [1.807, 2.05) is 30.3 Å². The molecular formula is C18H22N4O5S. The van der Waals surface area contributed by atoms with Gasteiger partial charge in [0.15, 0.2) is 17.4 Å². The van der Waals surface area contributed by atoms with Gasteiger partial charge in [-0.05, 0) is 5.56 Å². The number of nitrogens with zero attached hydrogens (tertiary/aromatic N) is 3. The van der Waals surface area contributed by atoms with Gasteiger partial charge in [0.05, 0.1) is 12.4 Å². The molecule has 0 spiro atoms. The molecule has 1 fully saturated rings. The Labute approximate surface area is 167 Å². The number of imide groups is 1. The van der Waals surface area contributed by atoms with Gasteiger partial charge in [-0.1, -0.05) is 42.1 Å². The molecule has 0 saturated carbocycles. The second-order valence-corrected chi connectivity index (χ2v) is 7.24. The zero-order valence-corrected chi connectivity index (χ0v) is 16.5. The highest BCUT2D eigenvalue weighted by molar-refractivity contribution is 8.14. The lowest BCUT2D eigenvalue weighted by Crippen LogP contribution is -2.63. The number of hydrogen-bond donors (Lipinski definition) is 1. The monoisotopic (exact) mass is 406 g/mol. The molecule has 0 aliphatic carbocycles. The van der Waals surface area contributed by atoms with Crippen LogP contribution in [0, 0.1) is 0 Å². The molecule has 2 atom stereocenters. The number of amidine groups is 1. The van der Waals surface area contributed by atoms with Crippen molar-refractivity contribution >= 4 is 34.8 Å². The number of likely N-dealkylation sites (N-methyl/N-ethyl adjacent to an activating group) is 1. The molecule has 28 heavy (non-hydrogen) atoms. The van der Waals surface area contributed by atoms with Crippen molar-refractivity contribution in [3.8, 4) is 0 Å². The zero-order chi connectivity index (χ0) is 20.1. The normalized spacial score (nSPS) is 21.3. The van der Waals surface area contributed by atoms with Crippen LogP contribution in [-0.2, 0) is 25.7 Å². The number of fused-ring (bicyclic) bond motifs is 1. The fourth-order valence-electron chi connectivity index (χ4n) is 2.95. The first-order chi connectivity index (χ1) is 13.5. The standard InChI is InChI=1S/C18H22N4O5S/c1-21-15-14(16(24)20-17(21)25)22(8-9-26-2)18(19-15)28-11-13(23)27-10-12-6-4-3-5-7-12/h3-7,14-15H,8-11H2,1-2H3,(H,20,24,25). The van der Waals surface area contributed by atoms with Crippen molar-refractivity contribution in [1.82, 2.24) is 15.1 Å². The minimum Gasteiger partial charge on any atom is -0.460 e. The molecule has 0 bridgehead atoms. The zero-order valence-electron chi connectivity index (χ0n) is 15.7. The molecule has 2 unspecified atom stereocenters. The average Bonchev–Trinajstić information content (AvgIpc) is 3.07. The van der Waals surface area contributed by atoms with Gasteiger partial charge in [0, 0.05) is 20.7 Å². The summed E-state index contributed by atoms with van der Waals surface area (Å²) in [6.07, 6.45) is -0.624. The van der Waals surface area contributed by atoms with E-state index in [1.165, 1.54) is 16.7 Å². The maximum atomic E-state index is 12.3. The van der Waals surface area contributed by atoms with Crippen LogP contribution in [0.1, 0.15) is 5.56 Å². The van der Waals surface area contributed by atoms with E-state index < -0.39 is 24.1 Å². The fraction of sp³-hybridized carbons (Fsp3) is 0.444. The number of methoxy groups -OCH3 is 1. The average molecular weight is 406 g/mol. The number of ether oxygens (including phenoxy) is 2. The lowest BCUT2D eigenvalue weighted by atomic mass is 10.1. The number of thioether (sulfide) groups is 1. The summed E-state index contributed by atoms with van der Waals surface area (Å²) in [4.78, 5) is 43.9. The summed E-state index contributed by atoms with van der Waals surface area (Å²) >= 11 is 1.19. The van der Waals surface area contributed by atoms with Crippen LogP contribution in [0.5, 0.6) is 0 Å². The third-order valence-corrected chi connectivity index (χ3v) is 5.40. The topological polar surface area (TPSA) is 101 Å². The van der Waals surface area contributed by atoms with Gasteiger partial charge in [-0.15, -0.1) is 0 Å². The Hall–Kier alpha value is -2.59. The maximum absolute atomic E-state index is 12.3. The number of aliphatic imine (C=N–C) groups is 1. The van der Waals surface area contributed by atoms with Crippen molar-refractivity contribution in [3.05, 3.63) is 35.9 Å². The van der Waals surface area contributed by atoms with Gasteiger partial charge in [-0.2, -0.15) is 0 Å². The summed E-state index contributed by atoms with van der Waals surface area (Å²) in [6.45, 7) is 0.995. The van der Waals surface area contributed by atoms with E-state index in [9.17, 15) is 14.4 Å². The number of hydrogen-bond acceptors (Lipinski definition) is 8. The maximum Gasteiger partial charge on any atom is 0.325 e. The summed E-state index contributed by atoms with van der Waals surface area (Å²) in [6, 6.07) is 8.28. The van der Waals surface area contributed by atoms with Crippen molar-refractivity contribution < 1.29 is 23.9 Å². The van der Waals surface area contributed by atoms with E-state index in [1.54, 1.807) is 19.1 Å². The Morgan fingerprint density at radius 2 is 2.04 bits per heavy atom. The minimum atomic E-state index is -0.638. The highest BCUT2D eigenvalue weighted by Crippen LogP contribution is 2.28. The van der Waals surface area contributed by atoms with Crippen LogP contribution in [0.2, 0.25) is 0 Å². The number of esters is 1. The van der Waals surface area contributed by atoms with E-state index in [0.29, 0.717) is 18.3 Å². The third-order valence-electron chi connectivity index (χ3n) is 4.42. The first kappa shape index (κ1) is 20.2. The molecule has 2 aliphatic rings. The van der Waals surface area contributed by atoms with Crippen LogP contribution in [0.3, 0.4) is 0 Å². The fourth-order valence-corrected chi connectivity index (χ4v) is 3.83. The third kappa shape index (κ3) is 4.45. The van der Waals surface area contributed by atoms with E-state index in [-0.39, 0.29) is 18.3 Å². The summed E-state index contributed by atoms with van der Waals surface area (Å²) in [5, 5.41) is 2.84. The molecule has 150 valence electrons. The number of carbonyl (C=O) groups is 3. The van der Waals surface area contributed by atoms with E-state index in [4.69, 9.17) is 9.47 Å². The van der Waals surface area contributed by atoms with Crippen molar-refractivity contribution in [1.29, 1.82) is 0 Å². The van der Waals surface area contributed by atoms with Crippen LogP contribution >= 0.6 is 11.8 Å². The molecule has 0 aromatic heterocycles. The Morgan fingerprint density at radius 3 is 2.75 bits per heavy atom. The molecule has 1 aromatic rings. The first-order valence-electron chi connectivity index (χ1n) is 8.74. The molecule has 10 heteroatoms. The number of urea groups is 1. The number of nitrogens with one attached hydrogen (secondary N) is 1. The second kappa shape index (κ2) is 9.07. The minimum absolute atomic E-state index is 0.0495. The molecule has 0 radical (unpaired) electrons. The summed E-state index contributed by atoms with van der Waals surface area (Å²) in [5.74, 6) is -0.740. The largest absolute Gasteiger partial charge is 0.460 e. The molecule has 1 aromatic carbocycles. The highest BCUT2D eigenvalue weighted by atomic mass is 32.2. The molecular weight excluding hydrogens is 384 g/mol. The number of amides is 3. The molecule has 9 nitrogen and oxygen atoms in total. The van der Waals surface area contributed by atoms with Gasteiger partial charge in [0.1, 0.15) is 6.61 Å². The van der Waals surface area contributed by atoms with Crippen LogP contribution in [-0.4, -0.2) is 78.1 Å². The van der Waals surface area contributed by atoms with Crippen molar-refractivity contribution in [3.63, 3.8) is 0 Å². The Morgan fingerprint density at radius 1 is 1.29 bits per heavy atom. The first-order valence-corrected chi connectivity index (χ1v) is 9.73. The van der Waals surface area contributed by atoms with Gasteiger partial charge < -0.3 is 19.3 Å². The van der Waals surface area contributed by atoms with Crippen molar-refractivity contribution in [2.45, 2.75) is 18.8 Å². The van der Waals surface area contributed by atoms with Gasteiger partial charge in [-0.25, -0.2) is 9.79 Å². The van der Waals surface area contributed by atoms with E-state index >= 15 is 0 Å². The molecule has 2 aliphatic heterocycles. The Bertz CT molecular complexity index is 772. The molecule has 2 heterocycles. The van der Waals surface area contributed by atoms with Crippen LogP contribution in [0.4, 0.5) is 4.79 Å². The van der Waals surface area contributed by atoms with Crippen molar-refractivity contribution in [2.24, 2.45) is 4.99 Å². The lowest BCUT2D eigenvalue weighted by molar-refractivity contribution is -0.141. The van der Waals surface area contributed by atoms with Crippen LogP contribution in [0.15, 0.2) is 35.3 Å². The molecule has 1 saturated heterocycles. The molecule has 1 N–H and O–H groups in total. The SMILES string of the molecule is COCCN1C(SCC(=O)OCc2ccccc2)=NC2C1C(=O)NC(=O)N2C. The number of benzene rings is 1. The van der Waals surface area contributed by atoms with E-state index in [2.05, 4.69) is 10.3 Å². The van der Waals surface area contributed by atoms with Gasteiger partial charge in [0.25, 0.3) is 5.91 Å². The summed E-state index contributed by atoms with van der Waals surface area (Å²) < 4.78 is 10.4. The predicted octanol–water partition coefficient (Wildman–Crippen LogP) is 0.657. The Balaban J connectivity index is 1.62. The second-order valence-electron chi connectivity index (χ2n) is 6.30. The van der Waals surface area contributed by atoms with Gasteiger partial charge >= 0.3 is 12.0 Å². The smallest absolute Gasteiger partial charge is 0.325 e. The highest BCUT2D eigenvalue weighted by Gasteiger charge is 2.48. The Kier molecular flexibility index (Phi) is 6.53. The van der Waals surface area contributed by atoms with Crippen molar-refractivity contribution in [2.75, 3.05) is 33.1 Å².